The van der Waals surface area contributed by atoms with Gasteiger partial charge in [-0.25, -0.2) is 8.78 Å². The molecular weight excluding hydrogens is 266 g/mol. The lowest BCUT2D eigenvalue weighted by Crippen LogP contribution is -2.14. The number of hydrogen-bond donors (Lipinski definition) is 0. The van der Waals surface area contributed by atoms with Crippen molar-refractivity contribution in [3.05, 3.63) is 29.8 Å². The Labute approximate surface area is 95.6 Å². The molecule has 0 aliphatic heterocycles. The van der Waals surface area contributed by atoms with Crippen LogP contribution in [0.15, 0.2) is 18.2 Å². The molecular formula is C11H11BrF2O. The largest absolute Gasteiger partial charge is 0.490 e. The van der Waals surface area contributed by atoms with Crippen molar-refractivity contribution in [3.63, 3.8) is 0 Å². The highest BCUT2D eigenvalue weighted by Crippen LogP contribution is 2.47. The predicted octanol–water partition coefficient (Wildman–Crippen LogP) is 3.52. The first-order valence-corrected chi connectivity index (χ1v) is 5.91. The van der Waals surface area contributed by atoms with Crippen molar-refractivity contribution >= 4 is 15.9 Å². The molecule has 15 heavy (non-hydrogen) atoms. The molecule has 0 radical (unpaired) electrons. The van der Waals surface area contributed by atoms with Crippen LogP contribution in [0.5, 0.6) is 5.75 Å². The smallest absolute Gasteiger partial charge is 0.167 e. The second-order valence-electron chi connectivity index (χ2n) is 4.00. The summed E-state index contributed by atoms with van der Waals surface area (Å²) in [5.74, 6) is -1.09. The van der Waals surface area contributed by atoms with Crippen molar-refractivity contribution in [1.29, 1.82) is 0 Å². The van der Waals surface area contributed by atoms with E-state index in [-0.39, 0.29) is 11.2 Å². The molecule has 1 aliphatic rings. The molecule has 1 fully saturated rings. The Hall–Kier alpha value is -0.640. The number of ether oxygens (including phenoxy) is 1. The van der Waals surface area contributed by atoms with E-state index in [1.807, 2.05) is 0 Å². The minimum Gasteiger partial charge on any atom is -0.490 e. The molecule has 1 aromatic rings. The molecule has 4 heteroatoms. The van der Waals surface area contributed by atoms with Crippen LogP contribution in [0.1, 0.15) is 12.8 Å². The van der Waals surface area contributed by atoms with E-state index in [0.29, 0.717) is 6.61 Å². The second-order valence-corrected chi connectivity index (χ2v) is 4.56. The van der Waals surface area contributed by atoms with Crippen molar-refractivity contribution in [2.75, 3.05) is 11.9 Å². The van der Waals surface area contributed by atoms with Crippen LogP contribution in [0, 0.1) is 17.0 Å². The standard InChI is InChI=1S/C11H11BrF2O/c12-6-11(3-4-11)7-15-10-2-1-8(13)5-9(10)14/h1-2,5H,3-4,6-7H2. The lowest BCUT2D eigenvalue weighted by atomic mass is 10.2. The first-order valence-electron chi connectivity index (χ1n) is 4.79. The average Bonchev–Trinajstić information content (AvgIpc) is 2.97. The summed E-state index contributed by atoms with van der Waals surface area (Å²) in [6, 6.07) is 3.37. The van der Waals surface area contributed by atoms with Crippen molar-refractivity contribution < 1.29 is 13.5 Å². The molecule has 1 aliphatic carbocycles. The Morgan fingerprint density at radius 1 is 1.33 bits per heavy atom. The molecule has 0 N–H and O–H groups in total. The van der Waals surface area contributed by atoms with Crippen LogP contribution in [-0.2, 0) is 0 Å². The Morgan fingerprint density at radius 3 is 2.60 bits per heavy atom. The third-order valence-corrected chi connectivity index (χ3v) is 3.86. The van der Waals surface area contributed by atoms with Gasteiger partial charge >= 0.3 is 0 Å². The minimum absolute atomic E-state index is 0.128. The highest BCUT2D eigenvalue weighted by Gasteiger charge is 2.42. The molecule has 0 amide bonds. The third-order valence-electron chi connectivity index (χ3n) is 2.67. The van der Waals surface area contributed by atoms with E-state index in [9.17, 15) is 8.78 Å². The van der Waals surface area contributed by atoms with E-state index in [2.05, 4.69) is 15.9 Å². The Balaban J connectivity index is 1.99. The van der Waals surface area contributed by atoms with Crippen molar-refractivity contribution in [3.8, 4) is 5.75 Å². The van der Waals surface area contributed by atoms with E-state index in [1.54, 1.807) is 0 Å². The summed E-state index contributed by atoms with van der Waals surface area (Å²) >= 11 is 3.40. The lowest BCUT2D eigenvalue weighted by Gasteiger charge is -2.13. The van der Waals surface area contributed by atoms with Crippen LogP contribution in [-0.4, -0.2) is 11.9 Å². The lowest BCUT2D eigenvalue weighted by molar-refractivity contribution is 0.240. The average molecular weight is 277 g/mol. The highest BCUT2D eigenvalue weighted by molar-refractivity contribution is 9.09. The van der Waals surface area contributed by atoms with Gasteiger partial charge in [-0.3, -0.25) is 0 Å². The summed E-state index contributed by atoms with van der Waals surface area (Å²) < 4.78 is 31.1. The normalized spacial score (nSPS) is 17.5. The summed E-state index contributed by atoms with van der Waals surface area (Å²) in [5.41, 5.74) is 0.167. The fraction of sp³-hybridized carbons (Fsp3) is 0.455. The van der Waals surface area contributed by atoms with Crippen LogP contribution >= 0.6 is 15.9 Å². The van der Waals surface area contributed by atoms with Crippen molar-refractivity contribution in [2.45, 2.75) is 12.8 Å². The minimum atomic E-state index is -0.639. The van der Waals surface area contributed by atoms with Gasteiger partial charge in [0.1, 0.15) is 5.82 Å². The van der Waals surface area contributed by atoms with Crippen LogP contribution in [0.3, 0.4) is 0 Å². The van der Waals surface area contributed by atoms with Gasteiger partial charge in [0.15, 0.2) is 11.6 Å². The van der Waals surface area contributed by atoms with Crippen molar-refractivity contribution in [1.82, 2.24) is 0 Å². The number of benzene rings is 1. The van der Waals surface area contributed by atoms with Crippen LogP contribution in [0.4, 0.5) is 8.78 Å². The zero-order valence-electron chi connectivity index (χ0n) is 8.10. The molecule has 1 saturated carbocycles. The Kier molecular flexibility index (Phi) is 2.96. The van der Waals surface area contributed by atoms with E-state index in [0.717, 1.165) is 24.2 Å². The fourth-order valence-corrected chi connectivity index (χ4v) is 2.04. The number of alkyl halides is 1. The first kappa shape index (κ1) is 10.9. The molecule has 0 saturated heterocycles. The van der Waals surface area contributed by atoms with Gasteiger partial charge in [-0.1, -0.05) is 15.9 Å². The van der Waals surface area contributed by atoms with Gasteiger partial charge in [-0.05, 0) is 25.0 Å². The van der Waals surface area contributed by atoms with E-state index >= 15 is 0 Å². The highest BCUT2D eigenvalue weighted by atomic mass is 79.9. The fourth-order valence-electron chi connectivity index (χ4n) is 1.32. The predicted molar refractivity (Wildman–Crippen MR) is 57.3 cm³/mol. The number of halogens is 3. The zero-order chi connectivity index (χ0) is 10.9. The van der Waals surface area contributed by atoms with Crippen LogP contribution < -0.4 is 4.74 Å². The van der Waals surface area contributed by atoms with E-state index in [1.165, 1.54) is 12.1 Å². The Bertz CT molecular complexity index is 364. The molecule has 1 nitrogen and oxygen atoms in total. The molecule has 0 aromatic heterocycles. The van der Waals surface area contributed by atoms with Gasteiger partial charge in [0.2, 0.25) is 0 Å². The molecule has 0 heterocycles. The summed E-state index contributed by atoms with van der Waals surface area (Å²) in [6.45, 7) is 0.487. The maximum absolute atomic E-state index is 13.2. The summed E-state index contributed by atoms with van der Waals surface area (Å²) in [6.07, 6.45) is 2.20. The van der Waals surface area contributed by atoms with Gasteiger partial charge in [0, 0.05) is 16.8 Å². The molecule has 0 bridgehead atoms. The molecule has 82 valence electrons. The van der Waals surface area contributed by atoms with Gasteiger partial charge < -0.3 is 4.74 Å². The molecule has 2 rings (SSSR count). The van der Waals surface area contributed by atoms with Gasteiger partial charge in [-0.15, -0.1) is 0 Å². The molecule has 1 aromatic carbocycles. The van der Waals surface area contributed by atoms with Crippen molar-refractivity contribution in [2.24, 2.45) is 5.41 Å². The van der Waals surface area contributed by atoms with Crippen LogP contribution in [0.2, 0.25) is 0 Å². The summed E-state index contributed by atoms with van der Waals surface area (Å²) in [7, 11) is 0. The SMILES string of the molecule is Fc1ccc(OCC2(CBr)CC2)c(F)c1. The molecule has 0 spiro atoms. The summed E-state index contributed by atoms with van der Waals surface area (Å²) in [4.78, 5) is 0. The second kappa shape index (κ2) is 4.08. The number of hydrogen-bond acceptors (Lipinski definition) is 1. The maximum atomic E-state index is 13.2. The third kappa shape index (κ3) is 2.48. The monoisotopic (exact) mass is 276 g/mol. The maximum Gasteiger partial charge on any atom is 0.167 e. The van der Waals surface area contributed by atoms with Gasteiger partial charge in [-0.2, -0.15) is 0 Å². The van der Waals surface area contributed by atoms with Gasteiger partial charge in [0.25, 0.3) is 0 Å². The van der Waals surface area contributed by atoms with Gasteiger partial charge in [0.05, 0.1) is 6.61 Å². The number of rotatable bonds is 4. The topological polar surface area (TPSA) is 9.23 Å². The zero-order valence-corrected chi connectivity index (χ0v) is 9.69. The van der Waals surface area contributed by atoms with Crippen LogP contribution in [0.25, 0.3) is 0 Å². The van der Waals surface area contributed by atoms with E-state index < -0.39 is 11.6 Å². The molecule has 0 unspecified atom stereocenters. The molecule has 0 atom stereocenters. The first-order chi connectivity index (χ1) is 7.15. The Morgan fingerprint density at radius 2 is 2.07 bits per heavy atom. The van der Waals surface area contributed by atoms with E-state index in [4.69, 9.17) is 4.74 Å². The summed E-state index contributed by atoms with van der Waals surface area (Å²) in [5, 5.41) is 0.864. The quantitative estimate of drug-likeness (QED) is 0.765.